The lowest BCUT2D eigenvalue weighted by Crippen LogP contribution is -2.05. The molecule has 2 heterocycles. The van der Waals surface area contributed by atoms with Crippen molar-refractivity contribution in [2.45, 2.75) is 40.7 Å². The van der Waals surface area contributed by atoms with Crippen LogP contribution in [0.15, 0.2) is 65.5 Å². The molecule has 0 aliphatic heterocycles. The summed E-state index contributed by atoms with van der Waals surface area (Å²) in [7, 11) is 0. The molecule has 0 aromatic carbocycles. The van der Waals surface area contributed by atoms with Crippen LogP contribution in [0.1, 0.15) is 38.8 Å². The molecule has 0 bridgehead atoms. The van der Waals surface area contributed by atoms with E-state index in [4.69, 9.17) is 11.6 Å². The molecule has 0 amide bonds. The smallest absolute Gasteiger partial charge is 0.218 e. The van der Waals surface area contributed by atoms with Gasteiger partial charge in [0, 0.05) is 29.8 Å². The largest absolute Gasteiger partial charge is 0.366 e. The lowest BCUT2D eigenvalue weighted by molar-refractivity contribution is 0.571. The Bertz CT molecular complexity index is 861. The van der Waals surface area contributed by atoms with Crippen molar-refractivity contribution < 1.29 is 8.78 Å². The van der Waals surface area contributed by atoms with Gasteiger partial charge in [-0.3, -0.25) is 4.98 Å². The first kappa shape index (κ1) is 23.5. The highest BCUT2D eigenvalue weighted by Gasteiger charge is 2.09. The van der Waals surface area contributed by atoms with Gasteiger partial charge in [0.1, 0.15) is 11.6 Å². The third-order valence-electron chi connectivity index (χ3n) is 3.77. The highest BCUT2D eigenvalue weighted by molar-refractivity contribution is 6.30. The molecule has 0 fully saturated rings. The molecule has 0 unspecified atom stereocenters. The predicted octanol–water partition coefficient (Wildman–Crippen LogP) is 6.58. The van der Waals surface area contributed by atoms with Crippen molar-refractivity contribution in [2.24, 2.45) is 0 Å². The van der Waals surface area contributed by atoms with Crippen LogP contribution in [0.25, 0.3) is 0 Å². The van der Waals surface area contributed by atoms with E-state index in [0.29, 0.717) is 34.9 Å². The minimum Gasteiger partial charge on any atom is -0.366 e. The van der Waals surface area contributed by atoms with Crippen LogP contribution in [0, 0.1) is 11.8 Å². The summed E-state index contributed by atoms with van der Waals surface area (Å²) in [5.41, 5.74) is 2.99. The van der Waals surface area contributed by atoms with Gasteiger partial charge in [0.15, 0.2) is 0 Å². The molecule has 0 atom stereocenters. The number of nitrogens with zero attached hydrogens (tertiary/aromatic N) is 2. The van der Waals surface area contributed by atoms with E-state index in [9.17, 15) is 8.78 Å². The van der Waals surface area contributed by atoms with Crippen LogP contribution in [0.5, 0.6) is 0 Å². The number of pyridine rings is 2. The molecular formula is C22H26ClF2N3. The van der Waals surface area contributed by atoms with Crippen molar-refractivity contribution in [2.75, 3.05) is 5.32 Å². The van der Waals surface area contributed by atoms with Gasteiger partial charge in [-0.15, -0.1) is 0 Å². The Balaban J connectivity index is 0.00000190. The minimum atomic E-state index is -0.552. The number of aromatic nitrogens is 2. The molecule has 2 aromatic rings. The van der Waals surface area contributed by atoms with Gasteiger partial charge >= 0.3 is 0 Å². The highest BCUT2D eigenvalue weighted by atomic mass is 35.5. The van der Waals surface area contributed by atoms with E-state index in [1.165, 1.54) is 6.07 Å². The molecule has 0 saturated heterocycles. The highest BCUT2D eigenvalue weighted by Crippen LogP contribution is 2.21. The molecule has 6 heteroatoms. The molecule has 0 saturated carbocycles. The molecule has 150 valence electrons. The third kappa shape index (κ3) is 7.61. The SMILES string of the molecule is C=C(Cl)/C=C(C)/C(=C\C)Cc1ccc(NCc2cncc(F)c2)nc1F.CC. The van der Waals surface area contributed by atoms with Crippen molar-refractivity contribution in [1.82, 2.24) is 9.97 Å². The summed E-state index contributed by atoms with van der Waals surface area (Å²) in [5, 5.41) is 3.38. The molecular weight excluding hydrogens is 380 g/mol. The molecule has 0 aliphatic carbocycles. The number of nitrogens with one attached hydrogen (secondary N) is 1. The lowest BCUT2D eigenvalue weighted by Gasteiger charge is -2.11. The Morgan fingerprint density at radius 3 is 2.54 bits per heavy atom. The predicted molar refractivity (Wildman–Crippen MR) is 113 cm³/mol. The van der Waals surface area contributed by atoms with Crippen molar-refractivity contribution in [1.29, 1.82) is 0 Å². The number of halogens is 3. The van der Waals surface area contributed by atoms with Gasteiger partial charge in [-0.25, -0.2) is 9.37 Å². The van der Waals surface area contributed by atoms with E-state index in [1.807, 2.05) is 33.8 Å². The lowest BCUT2D eigenvalue weighted by atomic mass is 9.99. The van der Waals surface area contributed by atoms with Crippen molar-refractivity contribution in [3.05, 3.63) is 88.4 Å². The Labute approximate surface area is 170 Å². The zero-order valence-electron chi connectivity index (χ0n) is 16.7. The van der Waals surface area contributed by atoms with Crippen LogP contribution in [-0.2, 0) is 13.0 Å². The molecule has 0 radical (unpaired) electrons. The maximum atomic E-state index is 14.3. The zero-order valence-corrected chi connectivity index (χ0v) is 17.4. The van der Waals surface area contributed by atoms with Gasteiger partial charge in [-0.2, -0.15) is 4.39 Å². The quantitative estimate of drug-likeness (QED) is 0.417. The van der Waals surface area contributed by atoms with E-state index in [1.54, 1.807) is 24.4 Å². The molecule has 3 nitrogen and oxygen atoms in total. The minimum absolute atomic E-state index is 0.302. The summed E-state index contributed by atoms with van der Waals surface area (Å²) in [6.07, 6.45) is 6.72. The summed E-state index contributed by atoms with van der Waals surface area (Å²) in [5.74, 6) is -0.594. The van der Waals surface area contributed by atoms with Gasteiger partial charge < -0.3 is 5.32 Å². The number of anilines is 1. The number of rotatable bonds is 7. The van der Waals surface area contributed by atoms with Gasteiger partial charge in [0.2, 0.25) is 5.95 Å². The summed E-state index contributed by atoms with van der Waals surface area (Å²) in [6, 6.07) is 4.74. The van der Waals surface area contributed by atoms with Crippen LogP contribution in [-0.4, -0.2) is 9.97 Å². The Kier molecular flexibility index (Phi) is 10.1. The molecule has 2 rings (SSSR count). The molecule has 0 spiro atoms. The zero-order chi connectivity index (χ0) is 21.1. The average Bonchev–Trinajstić information content (AvgIpc) is 2.66. The van der Waals surface area contributed by atoms with Gasteiger partial charge in [-0.05, 0) is 48.8 Å². The second-order valence-corrected chi connectivity index (χ2v) is 6.26. The van der Waals surface area contributed by atoms with E-state index in [0.717, 1.165) is 17.3 Å². The van der Waals surface area contributed by atoms with Crippen LogP contribution in [0.4, 0.5) is 14.6 Å². The second kappa shape index (κ2) is 12.0. The summed E-state index contributed by atoms with van der Waals surface area (Å²) >= 11 is 5.80. The number of allylic oxidation sites excluding steroid dienone is 5. The molecule has 0 aliphatic rings. The Morgan fingerprint density at radius 1 is 1.25 bits per heavy atom. The third-order valence-corrected chi connectivity index (χ3v) is 3.88. The topological polar surface area (TPSA) is 37.8 Å². The molecule has 2 aromatic heterocycles. The maximum Gasteiger partial charge on any atom is 0.218 e. The number of hydrogen-bond acceptors (Lipinski definition) is 3. The van der Waals surface area contributed by atoms with Crippen LogP contribution >= 0.6 is 11.6 Å². The molecule has 28 heavy (non-hydrogen) atoms. The fourth-order valence-electron chi connectivity index (χ4n) is 2.44. The van der Waals surface area contributed by atoms with Gasteiger partial charge in [-0.1, -0.05) is 44.2 Å². The van der Waals surface area contributed by atoms with Gasteiger partial charge in [0.25, 0.3) is 0 Å². The van der Waals surface area contributed by atoms with Crippen LogP contribution in [0.2, 0.25) is 0 Å². The van der Waals surface area contributed by atoms with Crippen molar-refractivity contribution >= 4 is 17.4 Å². The fourth-order valence-corrected chi connectivity index (χ4v) is 2.60. The van der Waals surface area contributed by atoms with Crippen LogP contribution < -0.4 is 5.32 Å². The van der Waals surface area contributed by atoms with E-state index in [2.05, 4.69) is 21.9 Å². The average molecular weight is 406 g/mol. The normalized spacial score (nSPS) is 11.5. The standard InChI is InChI=1S/C20H20ClF2N3.C2H6/c1-4-16(13(2)7-14(3)21)9-17-5-6-19(26-20(17)23)25-11-15-8-18(22)12-24-10-15;1-2/h4-8,10,12H,3,9,11H2,1-2H3,(H,25,26);1-2H3/b13-7+,16-4-;. The first-order valence-corrected chi connectivity index (χ1v) is 9.44. The Morgan fingerprint density at radius 2 is 1.96 bits per heavy atom. The maximum absolute atomic E-state index is 14.3. The monoisotopic (exact) mass is 405 g/mol. The number of hydrogen-bond donors (Lipinski definition) is 1. The van der Waals surface area contributed by atoms with Crippen molar-refractivity contribution in [3.63, 3.8) is 0 Å². The summed E-state index contributed by atoms with van der Waals surface area (Å²) < 4.78 is 27.5. The van der Waals surface area contributed by atoms with Crippen LogP contribution in [0.3, 0.4) is 0 Å². The van der Waals surface area contributed by atoms with Gasteiger partial charge in [0.05, 0.1) is 6.20 Å². The second-order valence-electron chi connectivity index (χ2n) is 5.78. The van der Waals surface area contributed by atoms with E-state index >= 15 is 0 Å². The fraction of sp³-hybridized carbons (Fsp3) is 0.273. The van der Waals surface area contributed by atoms with Crippen molar-refractivity contribution in [3.8, 4) is 0 Å². The summed E-state index contributed by atoms with van der Waals surface area (Å²) in [6.45, 7) is 11.7. The first-order chi connectivity index (χ1) is 13.4. The summed E-state index contributed by atoms with van der Waals surface area (Å²) in [4.78, 5) is 7.71. The Hall–Kier alpha value is -2.53. The molecule has 1 N–H and O–H groups in total. The first-order valence-electron chi connectivity index (χ1n) is 9.06. The van der Waals surface area contributed by atoms with E-state index < -0.39 is 11.8 Å². The van der Waals surface area contributed by atoms with E-state index in [-0.39, 0.29) is 0 Å².